The van der Waals surface area contributed by atoms with Crippen molar-refractivity contribution in [3.05, 3.63) is 113 Å². The number of carbonyl (C=O) groups is 2. The zero-order chi connectivity index (χ0) is 34.0. The number of aromatic amines is 1. The molecule has 1 aliphatic heterocycles. The topological polar surface area (TPSA) is 140 Å². The number of hydrogen-bond donors (Lipinski definition) is 3. The van der Waals surface area contributed by atoms with E-state index < -0.39 is 0 Å². The van der Waals surface area contributed by atoms with Gasteiger partial charge in [0.2, 0.25) is 5.91 Å². The number of fused-ring (bicyclic) bond motifs is 4. The zero-order valence-corrected chi connectivity index (χ0v) is 28.1. The molecule has 0 spiro atoms. The second kappa shape index (κ2) is 16.2. The highest BCUT2D eigenvalue weighted by atomic mass is 35.5. The molecule has 5 aromatic rings. The van der Waals surface area contributed by atoms with Crippen molar-refractivity contribution < 1.29 is 14.3 Å². The van der Waals surface area contributed by atoms with E-state index in [1.165, 1.54) is 29.8 Å². The van der Waals surface area contributed by atoms with Gasteiger partial charge >= 0.3 is 5.97 Å². The van der Waals surface area contributed by atoms with Gasteiger partial charge in [-0.2, -0.15) is 4.68 Å². The molecule has 2 aromatic heterocycles. The fourth-order valence-corrected chi connectivity index (χ4v) is 6.37. The standard InChI is InChI=1S/C37H39ClN8O3/c1-49-36(48)21-26-14-17-30-32(20-26)41-29(12-7-10-25-8-3-2-4-9-25)11-5-6-13-31(37-39-23-33(30)43-37)42-35(47)19-15-27-22-28(38)16-18-34(27)46-24-40-44-45-46/h2-4,8-9,14-20,22-24,29,31,41H,5-7,10-13,21H2,1H3,(H,39,43)(H,42,47)/b19-15+/t29?,31-/m0/s1. The average molecular weight is 679 g/mol. The molecular formula is C37H39ClN8O3. The highest BCUT2D eigenvalue weighted by Gasteiger charge is 2.21. The number of halogens is 1. The Balaban J connectivity index is 1.23. The molecule has 1 unspecified atom stereocenters. The van der Waals surface area contributed by atoms with Gasteiger partial charge < -0.3 is 20.4 Å². The van der Waals surface area contributed by atoms with Gasteiger partial charge in [-0.25, -0.2) is 4.98 Å². The Morgan fingerprint density at radius 2 is 1.92 bits per heavy atom. The molecule has 2 bridgehead atoms. The summed E-state index contributed by atoms with van der Waals surface area (Å²) in [6.07, 6.45) is 13.3. The van der Waals surface area contributed by atoms with Gasteiger partial charge in [0, 0.05) is 34.0 Å². The highest BCUT2D eigenvalue weighted by molar-refractivity contribution is 6.30. The third kappa shape index (κ3) is 8.99. The minimum absolute atomic E-state index is 0.187. The van der Waals surface area contributed by atoms with E-state index >= 15 is 0 Å². The summed E-state index contributed by atoms with van der Waals surface area (Å²) in [4.78, 5) is 33.6. The molecule has 0 saturated heterocycles. The number of ether oxygens (including phenoxy) is 1. The SMILES string of the molecule is COC(=O)Cc1ccc2c(c1)NC(CCCc1ccccc1)CCCC[C@H](NC(=O)/C=C/c1cc(Cl)ccc1-n1cnnn1)c1ncc-2[nH]1. The predicted molar refractivity (Wildman–Crippen MR) is 189 cm³/mol. The average Bonchev–Trinajstić information content (AvgIpc) is 3.82. The molecule has 0 fully saturated rings. The van der Waals surface area contributed by atoms with Crippen LogP contribution in [0.3, 0.4) is 0 Å². The maximum Gasteiger partial charge on any atom is 0.309 e. The Bertz CT molecular complexity index is 1890. The fourth-order valence-electron chi connectivity index (χ4n) is 6.19. The van der Waals surface area contributed by atoms with Crippen LogP contribution in [0.1, 0.15) is 67.1 Å². The van der Waals surface area contributed by atoms with Crippen molar-refractivity contribution in [3.63, 3.8) is 0 Å². The van der Waals surface area contributed by atoms with E-state index in [0.717, 1.165) is 67.5 Å². The Kier molecular flexibility index (Phi) is 11.1. The van der Waals surface area contributed by atoms with Crippen LogP contribution < -0.4 is 10.6 Å². The first-order valence-electron chi connectivity index (χ1n) is 16.5. The number of aromatic nitrogens is 6. The van der Waals surface area contributed by atoms with Crippen molar-refractivity contribution in [2.24, 2.45) is 0 Å². The van der Waals surface area contributed by atoms with Gasteiger partial charge in [0.05, 0.1) is 37.2 Å². The van der Waals surface area contributed by atoms with Crippen LogP contribution in [0.25, 0.3) is 23.0 Å². The van der Waals surface area contributed by atoms with Crippen LogP contribution in [0.4, 0.5) is 5.69 Å². The Morgan fingerprint density at radius 3 is 2.73 bits per heavy atom. The lowest BCUT2D eigenvalue weighted by Crippen LogP contribution is -2.28. The number of esters is 1. The number of anilines is 1. The lowest BCUT2D eigenvalue weighted by Gasteiger charge is -2.24. The first-order valence-corrected chi connectivity index (χ1v) is 16.9. The maximum atomic E-state index is 13.3. The van der Waals surface area contributed by atoms with E-state index in [4.69, 9.17) is 21.3 Å². The smallest absolute Gasteiger partial charge is 0.309 e. The Morgan fingerprint density at radius 1 is 1.06 bits per heavy atom. The number of H-pyrrole nitrogens is 1. The predicted octanol–water partition coefficient (Wildman–Crippen LogP) is 6.67. The summed E-state index contributed by atoms with van der Waals surface area (Å²) in [5.74, 6) is 0.135. The number of rotatable bonds is 10. The van der Waals surface area contributed by atoms with E-state index in [-0.39, 0.29) is 30.4 Å². The molecule has 49 heavy (non-hydrogen) atoms. The summed E-state index contributed by atoms with van der Waals surface area (Å²) in [6.45, 7) is 0. The highest BCUT2D eigenvalue weighted by Crippen LogP contribution is 2.32. The number of nitrogens with zero attached hydrogens (tertiary/aromatic N) is 5. The molecule has 0 radical (unpaired) electrons. The number of amides is 1. The molecule has 11 nitrogen and oxygen atoms in total. The van der Waals surface area contributed by atoms with Crippen molar-refractivity contribution >= 4 is 35.2 Å². The third-order valence-electron chi connectivity index (χ3n) is 8.71. The zero-order valence-electron chi connectivity index (χ0n) is 27.3. The fraction of sp³-hybridized carbons (Fsp3) is 0.297. The molecule has 252 valence electrons. The molecule has 3 aromatic carbocycles. The van der Waals surface area contributed by atoms with Gasteiger partial charge in [0.25, 0.3) is 0 Å². The molecular weight excluding hydrogens is 640 g/mol. The van der Waals surface area contributed by atoms with Crippen LogP contribution in [-0.4, -0.2) is 55.2 Å². The molecule has 2 atom stereocenters. The van der Waals surface area contributed by atoms with Crippen LogP contribution in [-0.2, 0) is 27.2 Å². The molecule has 0 saturated carbocycles. The number of imidazole rings is 1. The normalized spacial score (nSPS) is 16.2. The van der Waals surface area contributed by atoms with Crippen LogP contribution >= 0.6 is 11.6 Å². The number of methoxy groups -OCH3 is 1. The van der Waals surface area contributed by atoms with E-state index in [1.807, 2.05) is 24.3 Å². The van der Waals surface area contributed by atoms with Crippen molar-refractivity contribution in [1.29, 1.82) is 0 Å². The van der Waals surface area contributed by atoms with Gasteiger partial charge in [-0.05, 0) is 84.0 Å². The second-order valence-electron chi connectivity index (χ2n) is 12.2. The van der Waals surface area contributed by atoms with E-state index in [1.54, 1.807) is 30.5 Å². The second-order valence-corrected chi connectivity index (χ2v) is 12.6. The Hall–Kier alpha value is -5.29. The van der Waals surface area contributed by atoms with Gasteiger partial charge in [-0.15, -0.1) is 5.10 Å². The summed E-state index contributed by atoms with van der Waals surface area (Å²) in [5, 5.41) is 18.9. The molecule has 1 aliphatic rings. The van der Waals surface area contributed by atoms with E-state index in [2.05, 4.69) is 55.4 Å². The van der Waals surface area contributed by atoms with Crippen molar-refractivity contribution in [3.8, 4) is 16.9 Å². The monoisotopic (exact) mass is 678 g/mol. The first kappa shape index (κ1) is 33.6. The minimum atomic E-state index is -0.324. The summed E-state index contributed by atoms with van der Waals surface area (Å²) in [5.41, 5.74) is 6.30. The van der Waals surface area contributed by atoms with E-state index in [9.17, 15) is 9.59 Å². The van der Waals surface area contributed by atoms with Gasteiger partial charge in [-0.3, -0.25) is 9.59 Å². The third-order valence-corrected chi connectivity index (χ3v) is 8.94. The number of nitrogens with one attached hydrogen (secondary N) is 3. The van der Waals surface area contributed by atoms with Gasteiger partial charge in [0.15, 0.2) is 0 Å². The summed E-state index contributed by atoms with van der Waals surface area (Å²) in [7, 11) is 1.40. The lowest BCUT2D eigenvalue weighted by atomic mass is 9.97. The van der Waals surface area contributed by atoms with Crippen LogP contribution in [0.2, 0.25) is 5.02 Å². The van der Waals surface area contributed by atoms with Crippen molar-refractivity contribution in [2.75, 3.05) is 12.4 Å². The first-order chi connectivity index (χ1) is 23.9. The quantitative estimate of drug-likeness (QED) is 0.110. The lowest BCUT2D eigenvalue weighted by molar-refractivity contribution is -0.139. The van der Waals surface area contributed by atoms with Crippen LogP contribution in [0.15, 0.2) is 85.3 Å². The summed E-state index contributed by atoms with van der Waals surface area (Å²) in [6, 6.07) is 21.7. The van der Waals surface area contributed by atoms with Gasteiger partial charge in [0.1, 0.15) is 12.2 Å². The largest absolute Gasteiger partial charge is 0.469 e. The van der Waals surface area contributed by atoms with Crippen LogP contribution in [0, 0.1) is 0 Å². The van der Waals surface area contributed by atoms with Crippen LogP contribution in [0.5, 0.6) is 0 Å². The van der Waals surface area contributed by atoms with Crippen molar-refractivity contribution in [2.45, 2.75) is 63.5 Å². The Labute approximate surface area is 290 Å². The number of aryl methyl sites for hydroxylation is 1. The molecule has 3 heterocycles. The van der Waals surface area contributed by atoms with Crippen molar-refractivity contribution in [1.82, 2.24) is 35.5 Å². The molecule has 6 rings (SSSR count). The van der Waals surface area contributed by atoms with Gasteiger partial charge in [-0.1, -0.05) is 66.9 Å². The molecule has 3 N–H and O–H groups in total. The summed E-state index contributed by atoms with van der Waals surface area (Å²) >= 11 is 6.27. The van der Waals surface area contributed by atoms with E-state index in [0.29, 0.717) is 22.1 Å². The molecule has 1 amide bonds. The molecule has 0 aliphatic carbocycles. The number of hydrogen-bond acceptors (Lipinski definition) is 8. The number of carbonyl (C=O) groups excluding carboxylic acids is 2. The number of tetrazole rings is 1. The number of benzene rings is 3. The minimum Gasteiger partial charge on any atom is -0.469 e. The maximum absolute atomic E-state index is 13.3. The molecule has 12 heteroatoms. The summed E-state index contributed by atoms with van der Waals surface area (Å²) < 4.78 is 6.45.